The molecule has 0 aliphatic heterocycles. The second kappa shape index (κ2) is 16.8. The predicted molar refractivity (Wildman–Crippen MR) is 90.5 cm³/mol. The Morgan fingerprint density at radius 2 is 0.826 bits per heavy atom. The summed E-state index contributed by atoms with van der Waals surface area (Å²) in [5.41, 5.74) is 0. The van der Waals surface area contributed by atoms with Gasteiger partial charge in [0.2, 0.25) is 0 Å². The molecule has 0 saturated heterocycles. The molecular formula is C15H34O7Si. The van der Waals surface area contributed by atoms with Crippen molar-refractivity contribution in [3.8, 4) is 0 Å². The molecule has 0 aromatic rings. The summed E-state index contributed by atoms with van der Waals surface area (Å²) in [6.45, 7) is 12.4. The molecule has 0 unspecified atom stereocenters. The highest BCUT2D eigenvalue weighted by Gasteiger charge is 2.12. The molecule has 23 heavy (non-hydrogen) atoms. The van der Waals surface area contributed by atoms with Crippen LogP contribution in [-0.2, 0) is 28.1 Å². The highest BCUT2D eigenvalue weighted by molar-refractivity contribution is 6.69. The maximum absolute atomic E-state index is 8.50. The second-order valence-corrected chi connectivity index (χ2v) is 10.3. The molecule has 0 aromatic carbocycles. The molecule has 0 radical (unpaired) electrons. The van der Waals surface area contributed by atoms with Gasteiger partial charge in [0.05, 0.1) is 79.3 Å². The van der Waals surface area contributed by atoms with Crippen molar-refractivity contribution in [1.82, 2.24) is 0 Å². The van der Waals surface area contributed by atoms with Crippen LogP contribution >= 0.6 is 0 Å². The fourth-order valence-electron chi connectivity index (χ4n) is 1.45. The summed E-state index contributed by atoms with van der Waals surface area (Å²) in [6.07, 6.45) is 0. The molecule has 0 spiro atoms. The molecule has 7 nitrogen and oxygen atoms in total. The minimum Gasteiger partial charge on any atom is -0.415 e. The lowest BCUT2D eigenvalue weighted by atomic mass is 10.7. The third-order valence-electron chi connectivity index (χ3n) is 2.49. The SMILES string of the molecule is C[Si](C)(C)OCCOCCOCCOCCOCCOCCO. The molecular weight excluding hydrogens is 320 g/mol. The van der Waals surface area contributed by atoms with Crippen LogP contribution < -0.4 is 0 Å². The quantitative estimate of drug-likeness (QED) is 0.290. The predicted octanol–water partition coefficient (Wildman–Crippen LogP) is 0.913. The number of aliphatic hydroxyl groups excluding tert-OH is 1. The summed E-state index contributed by atoms with van der Waals surface area (Å²) in [6, 6.07) is 0. The van der Waals surface area contributed by atoms with Crippen molar-refractivity contribution in [3.05, 3.63) is 0 Å². The van der Waals surface area contributed by atoms with Gasteiger partial charge in [-0.3, -0.25) is 0 Å². The normalized spacial score (nSPS) is 12.0. The van der Waals surface area contributed by atoms with Gasteiger partial charge >= 0.3 is 0 Å². The Hall–Kier alpha value is -0.0631. The van der Waals surface area contributed by atoms with Crippen LogP contribution in [-0.4, -0.2) is 92.7 Å². The molecule has 0 saturated carbocycles. The van der Waals surface area contributed by atoms with Crippen molar-refractivity contribution in [2.45, 2.75) is 19.6 Å². The van der Waals surface area contributed by atoms with Gasteiger partial charge in [0, 0.05) is 0 Å². The first-order valence-electron chi connectivity index (χ1n) is 8.20. The van der Waals surface area contributed by atoms with Gasteiger partial charge in [0.1, 0.15) is 0 Å². The smallest absolute Gasteiger partial charge is 0.183 e. The first kappa shape index (κ1) is 22.9. The third-order valence-corrected chi connectivity index (χ3v) is 3.56. The van der Waals surface area contributed by atoms with Crippen molar-refractivity contribution >= 4 is 8.32 Å². The average Bonchev–Trinajstić information content (AvgIpc) is 2.49. The molecule has 0 aliphatic rings. The van der Waals surface area contributed by atoms with Gasteiger partial charge in [-0.15, -0.1) is 0 Å². The van der Waals surface area contributed by atoms with E-state index in [-0.39, 0.29) is 6.61 Å². The fraction of sp³-hybridized carbons (Fsp3) is 1.00. The lowest BCUT2D eigenvalue weighted by molar-refractivity contribution is -0.0148. The monoisotopic (exact) mass is 354 g/mol. The fourth-order valence-corrected chi connectivity index (χ4v) is 2.15. The summed E-state index contributed by atoms with van der Waals surface area (Å²) in [5.74, 6) is 0. The molecule has 1 N–H and O–H groups in total. The van der Waals surface area contributed by atoms with Crippen LogP contribution in [0, 0.1) is 0 Å². The summed E-state index contributed by atoms with van der Waals surface area (Å²) in [5, 5.41) is 8.50. The number of hydrogen-bond donors (Lipinski definition) is 1. The molecule has 0 heterocycles. The van der Waals surface area contributed by atoms with E-state index < -0.39 is 8.32 Å². The van der Waals surface area contributed by atoms with Crippen LogP contribution in [0.4, 0.5) is 0 Å². The Bertz CT molecular complexity index is 236. The molecule has 0 aromatic heterocycles. The zero-order chi connectivity index (χ0) is 17.2. The summed E-state index contributed by atoms with van der Waals surface area (Å²) in [7, 11) is -1.42. The molecule has 0 bridgehead atoms. The van der Waals surface area contributed by atoms with E-state index in [2.05, 4.69) is 19.6 Å². The average molecular weight is 355 g/mol. The van der Waals surface area contributed by atoms with E-state index in [0.29, 0.717) is 72.7 Å². The number of rotatable bonds is 18. The highest BCUT2D eigenvalue weighted by Crippen LogP contribution is 2.01. The number of hydrogen-bond acceptors (Lipinski definition) is 7. The Labute approximate surface area is 141 Å². The van der Waals surface area contributed by atoms with E-state index in [9.17, 15) is 0 Å². The Morgan fingerprint density at radius 3 is 1.13 bits per heavy atom. The van der Waals surface area contributed by atoms with Gasteiger partial charge in [-0.1, -0.05) is 0 Å². The van der Waals surface area contributed by atoms with Gasteiger partial charge in [-0.25, -0.2) is 0 Å². The summed E-state index contributed by atoms with van der Waals surface area (Å²) >= 11 is 0. The van der Waals surface area contributed by atoms with Gasteiger partial charge < -0.3 is 33.2 Å². The van der Waals surface area contributed by atoms with E-state index in [1.54, 1.807) is 0 Å². The topological polar surface area (TPSA) is 75.6 Å². The Morgan fingerprint density at radius 1 is 0.522 bits per heavy atom. The van der Waals surface area contributed by atoms with Crippen molar-refractivity contribution < 1.29 is 33.2 Å². The third kappa shape index (κ3) is 21.9. The molecule has 8 heteroatoms. The van der Waals surface area contributed by atoms with Crippen molar-refractivity contribution in [1.29, 1.82) is 0 Å². The van der Waals surface area contributed by atoms with E-state index in [1.165, 1.54) is 0 Å². The number of ether oxygens (including phenoxy) is 5. The lowest BCUT2D eigenvalue weighted by Gasteiger charge is -2.16. The zero-order valence-electron chi connectivity index (χ0n) is 14.9. The molecule has 0 aliphatic carbocycles. The minimum atomic E-state index is -1.42. The van der Waals surface area contributed by atoms with Crippen LogP contribution in [0.5, 0.6) is 0 Å². The standard InChI is InChI=1S/C15H34O7Si/c1-23(2,3)22-15-14-21-13-12-20-11-10-19-9-8-18-7-6-17-5-4-16/h16H,4-15H2,1-3H3. The van der Waals surface area contributed by atoms with Crippen molar-refractivity contribution in [2.24, 2.45) is 0 Å². The molecule has 0 amide bonds. The van der Waals surface area contributed by atoms with E-state index in [4.69, 9.17) is 33.2 Å². The molecule has 0 rings (SSSR count). The van der Waals surface area contributed by atoms with Crippen molar-refractivity contribution in [2.75, 3.05) is 79.3 Å². The Kier molecular flexibility index (Phi) is 16.7. The van der Waals surface area contributed by atoms with E-state index in [0.717, 1.165) is 0 Å². The first-order valence-corrected chi connectivity index (χ1v) is 11.6. The largest absolute Gasteiger partial charge is 0.415 e. The van der Waals surface area contributed by atoms with Gasteiger partial charge in [-0.2, -0.15) is 0 Å². The molecule has 0 atom stereocenters. The highest BCUT2D eigenvalue weighted by atomic mass is 28.4. The van der Waals surface area contributed by atoms with Crippen LogP contribution in [0.3, 0.4) is 0 Å². The van der Waals surface area contributed by atoms with Crippen molar-refractivity contribution in [3.63, 3.8) is 0 Å². The van der Waals surface area contributed by atoms with Crippen LogP contribution in [0.1, 0.15) is 0 Å². The van der Waals surface area contributed by atoms with Gasteiger partial charge in [-0.05, 0) is 19.6 Å². The maximum Gasteiger partial charge on any atom is 0.183 e. The summed E-state index contributed by atoms with van der Waals surface area (Å²) in [4.78, 5) is 0. The zero-order valence-corrected chi connectivity index (χ0v) is 15.9. The van der Waals surface area contributed by atoms with Crippen LogP contribution in [0.15, 0.2) is 0 Å². The Balaban J connectivity index is 3.00. The molecule has 0 fully saturated rings. The molecule has 140 valence electrons. The van der Waals surface area contributed by atoms with Crippen LogP contribution in [0.2, 0.25) is 19.6 Å². The maximum atomic E-state index is 8.50. The van der Waals surface area contributed by atoms with Gasteiger partial charge in [0.25, 0.3) is 0 Å². The van der Waals surface area contributed by atoms with Crippen LogP contribution in [0.25, 0.3) is 0 Å². The second-order valence-electron chi connectivity index (χ2n) is 5.75. The summed E-state index contributed by atoms with van der Waals surface area (Å²) < 4.78 is 32.2. The van der Waals surface area contributed by atoms with E-state index >= 15 is 0 Å². The number of aliphatic hydroxyl groups is 1. The van der Waals surface area contributed by atoms with Gasteiger partial charge in [0.15, 0.2) is 8.32 Å². The minimum absolute atomic E-state index is 0.0421. The van der Waals surface area contributed by atoms with E-state index in [1.807, 2.05) is 0 Å². The first-order chi connectivity index (χ1) is 11.1. The lowest BCUT2D eigenvalue weighted by Crippen LogP contribution is -2.27.